The van der Waals surface area contributed by atoms with Gasteiger partial charge in [0, 0.05) is 24.2 Å². The van der Waals surface area contributed by atoms with Crippen LogP contribution in [0, 0.1) is 0 Å². The van der Waals surface area contributed by atoms with Gasteiger partial charge in [-0.1, -0.05) is 84.9 Å². The normalized spacial score (nSPS) is 12.9. The van der Waals surface area contributed by atoms with Gasteiger partial charge in [-0.05, 0) is 57.9 Å². The van der Waals surface area contributed by atoms with Gasteiger partial charge in [-0.25, -0.2) is 14.8 Å². The van der Waals surface area contributed by atoms with Crippen molar-refractivity contribution in [2.24, 2.45) is 0 Å². The average Bonchev–Trinajstić information content (AvgIpc) is 3.20. The SMILES string of the molecule is COc1cccc(NC(=O)c2cccc3ccccc23)c1C(=O)NN1CCOCC1.COc1cccc2nc(-c3cccc4ccccc34)oc(=O)c12. The summed E-state index contributed by atoms with van der Waals surface area (Å²) >= 11 is 0. The number of hydrogen-bond donors (Lipinski definition) is 2. The lowest BCUT2D eigenvalue weighted by Gasteiger charge is -2.27. The van der Waals surface area contributed by atoms with Crippen LogP contribution in [-0.4, -0.2) is 62.3 Å². The first-order valence-electron chi connectivity index (χ1n) is 17.0. The lowest BCUT2D eigenvalue weighted by atomic mass is 10.0. The van der Waals surface area contributed by atoms with Crippen molar-refractivity contribution in [3.8, 4) is 23.0 Å². The summed E-state index contributed by atoms with van der Waals surface area (Å²) in [6.45, 7) is 2.30. The molecular weight excluding hydrogens is 672 g/mol. The number of carbonyl (C=O) groups excluding carboxylic acids is 2. The highest BCUT2D eigenvalue weighted by Crippen LogP contribution is 2.30. The fourth-order valence-corrected chi connectivity index (χ4v) is 6.31. The highest BCUT2D eigenvalue weighted by molar-refractivity contribution is 6.15. The van der Waals surface area contributed by atoms with Gasteiger partial charge in [0.15, 0.2) is 0 Å². The molecule has 0 spiro atoms. The lowest BCUT2D eigenvalue weighted by molar-refractivity contribution is 0.0126. The fourth-order valence-electron chi connectivity index (χ4n) is 6.31. The van der Waals surface area contributed by atoms with Crippen molar-refractivity contribution in [1.82, 2.24) is 15.4 Å². The van der Waals surface area contributed by atoms with Crippen LogP contribution in [0.15, 0.2) is 131 Å². The summed E-state index contributed by atoms with van der Waals surface area (Å²) in [6, 6.07) is 37.5. The standard InChI is InChI=1S/C23H23N3O4.C19H13NO3/c1-29-20-11-5-10-19(21(20)23(28)25-26-12-14-30-15-13-26)24-22(27)18-9-4-7-16-6-2-3-8-17(16)18;1-22-16-11-5-10-15-17(16)19(21)23-18(20-15)14-9-4-7-12-6-2-3-8-13(12)14/h2-11H,12-15H2,1H3,(H,24,27)(H,25,28);2-11H,1H3. The van der Waals surface area contributed by atoms with Gasteiger partial charge >= 0.3 is 5.63 Å². The zero-order valence-electron chi connectivity index (χ0n) is 29.1. The molecule has 1 aliphatic heterocycles. The molecule has 0 atom stereocenters. The van der Waals surface area contributed by atoms with Crippen molar-refractivity contribution < 1.29 is 28.2 Å². The number of hydrazine groups is 1. The number of benzene rings is 6. The number of methoxy groups -OCH3 is 2. The Morgan fingerprint density at radius 1 is 0.698 bits per heavy atom. The van der Waals surface area contributed by atoms with E-state index in [0.29, 0.717) is 65.8 Å². The maximum absolute atomic E-state index is 13.1. The molecule has 6 aromatic carbocycles. The lowest BCUT2D eigenvalue weighted by Crippen LogP contribution is -2.48. The van der Waals surface area contributed by atoms with E-state index < -0.39 is 5.63 Å². The summed E-state index contributed by atoms with van der Waals surface area (Å²) in [7, 11) is 3.02. The van der Waals surface area contributed by atoms with E-state index in [1.165, 1.54) is 14.2 Å². The van der Waals surface area contributed by atoms with Crippen molar-refractivity contribution in [3.63, 3.8) is 0 Å². The number of carbonyl (C=O) groups is 2. The Morgan fingerprint density at radius 2 is 1.32 bits per heavy atom. The van der Waals surface area contributed by atoms with Gasteiger partial charge in [0.1, 0.15) is 22.4 Å². The number of fused-ring (bicyclic) bond motifs is 3. The number of rotatable bonds is 7. The van der Waals surface area contributed by atoms with Crippen LogP contribution in [0.2, 0.25) is 0 Å². The number of anilines is 1. The predicted octanol–water partition coefficient (Wildman–Crippen LogP) is 7.09. The maximum Gasteiger partial charge on any atom is 0.350 e. The van der Waals surface area contributed by atoms with Gasteiger partial charge in [0.2, 0.25) is 5.89 Å². The molecule has 11 heteroatoms. The zero-order chi connectivity index (χ0) is 36.7. The Hall–Kier alpha value is -6.56. The van der Waals surface area contributed by atoms with Crippen molar-refractivity contribution in [1.29, 1.82) is 0 Å². The molecule has 0 radical (unpaired) electrons. The monoisotopic (exact) mass is 708 g/mol. The minimum absolute atomic E-state index is 0.278. The largest absolute Gasteiger partial charge is 0.496 e. The molecule has 2 N–H and O–H groups in total. The minimum Gasteiger partial charge on any atom is -0.496 e. The summed E-state index contributed by atoms with van der Waals surface area (Å²) in [5, 5.41) is 8.93. The van der Waals surface area contributed by atoms with Crippen LogP contribution in [-0.2, 0) is 4.74 Å². The molecular formula is C42H36N4O7. The first kappa shape index (κ1) is 34.9. The second-order valence-electron chi connectivity index (χ2n) is 12.1. The third-order valence-electron chi connectivity index (χ3n) is 8.89. The summed E-state index contributed by atoms with van der Waals surface area (Å²) in [4.78, 5) is 43.0. The number of aromatic nitrogens is 1. The number of nitrogens with zero attached hydrogens (tertiary/aromatic N) is 2. The maximum atomic E-state index is 13.1. The number of hydrogen-bond acceptors (Lipinski definition) is 9. The Labute approximate surface area is 304 Å². The van der Waals surface area contributed by atoms with Crippen molar-refractivity contribution >= 4 is 49.9 Å². The van der Waals surface area contributed by atoms with Gasteiger partial charge in [-0.3, -0.25) is 15.0 Å². The smallest absolute Gasteiger partial charge is 0.350 e. The van der Waals surface area contributed by atoms with Crippen molar-refractivity contribution in [2.75, 3.05) is 45.8 Å². The van der Waals surface area contributed by atoms with Crippen LogP contribution in [0.1, 0.15) is 20.7 Å². The van der Waals surface area contributed by atoms with Crippen LogP contribution in [0.4, 0.5) is 5.69 Å². The molecule has 0 unspecified atom stereocenters. The molecule has 1 aliphatic rings. The van der Waals surface area contributed by atoms with Crippen LogP contribution >= 0.6 is 0 Å². The molecule has 0 saturated carbocycles. The van der Waals surface area contributed by atoms with Crippen molar-refractivity contribution in [2.45, 2.75) is 0 Å². The quantitative estimate of drug-likeness (QED) is 0.178. The van der Waals surface area contributed by atoms with Crippen LogP contribution in [0.3, 0.4) is 0 Å². The van der Waals surface area contributed by atoms with Gasteiger partial charge in [-0.15, -0.1) is 0 Å². The molecule has 2 heterocycles. The summed E-state index contributed by atoms with van der Waals surface area (Å²) < 4.78 is 21.4. The first-order chi connectivity index (χ1) is 25.9. The van der Waals surface area contributed by atoms with Crippen LogP contribution in [0.5, 0.6) is 11.5 Å². The molecule has 53 heavy (non-hydrogen) atoms. The molecule has 0 aliphatic carbocycles. The average molecular weight is 709 g/mol. The van der Waals surface area contributed by atoms with E-state index in [2.05, 4.69) is 15.7 Å². The Balaban J connectivity index is 0.000000170. The summed E-state index contributed by atoms with van der Waals surface area (Å²) in [6.07, 6.45) is 0. The number of amides is 2. The van der Waals surface area contributed by atoms with E-state index in [0.717, 1.165) is 27.1 Å². The molecule has 266 valence electrons. The summed E-state index contributed by atoms with van der Waals surface area (Å²) in [5.41, 5.74) is 4.98. The number of ether oxygens (including phenoxy) is 3. The molecule has 7 aromatic rings. The van der Waals surface area contributed by atoms with Gasteiger partial charge in [-0.2, -0.15) is 0 Å². The van der Waals surface area contributed by atoms with E-state index in [1.54, 1.807) is 47.5 Å². The fraction of sp³-hybridized carbons (Fsp3) is 0.143. The van der Waals surface area contributed by atoms with E-state index in [9.17, 15) is 14.4 Å². The molecule has 8 rings (SSSR count). The highest BCUT2D eigenvalue weighted by atomic mass is 16.5. The van der Waals surface area contributed by atoms with Gasteiger partial charge in [0.25, 0.3) is 11.8 Å². The van der Waals surface area contributed by atoms with Gasteiger partial charge in [0.05, 0.1) is 38.6 Å². The number of morpholine rings is 1. The van der Waals surface area contributed by atoms with Crippen LogP contribution in [0.25, 0.3) is 43.9 Å². The number of nitrogens with one attached hydrogen (secondary N) is 2. The van der Waals surface area contributed by atoms with E-state index >= 15 is 0 Å². The Morgan fingerprint density at radius 3 is 2.08 bits per heavy atom. The molecule has 11 nitrogen and oxygen atoms in total. The summed E-state index contributed by atoms with van der Waals surface area (Å²) in [5.74, 6) is 0.528. The van der Waals surface area contributed by atoms with Crippen LogP contribution < -0.4 is 25.8 Å². The molecule has 1 fully saturated rings. The zero-order valence-corrected chi connectivity index (χ0v) is 29.1. The minimum atomic E-state index is -0.449. The second kappa shape index (κ2) is 15.8. The van der Waals surface area contributed by atoms with Crippen molar-refractivity contribution in [3.05, 3.63) is 143 Å². The second-order valence-corrected chi connectivity index (χ2v) is 12.1. The van der Waals surface area contributed by atoms with Gasteiger partial charge < -0.3 is 23.9 Å². The molecule has 0 bridgehead atoms. The van der Waals surface area contributed by atoms with E-state index in [-0.39, 0.29) is 17.4 Å². The Bertz CT molecular complexity index is 2500. The third-order valence-corrected chi connectivity index (χ3v) is 8.89. The van der Waals surface area contributed by atoms with E-state index in [1.807, 2.05) is 78.9 Å². The topological polar surface area (TPSA) is 132 Å². The molecule has 1 aromatic heterocycles. The highest BCUT2D eigenvalue weighted by Gasteiger charge is 2.23. The van der Waals surface area contributed by atoms with E-state index in [4.69, 9.17) is 18.6 Å². The Kier molecular flexibility index (Phi) is 10.4. The first-order valence-corrected chi connectivity index (χ1v) is 17.0. The molecule has 2 amide bonds. The third kappa shape index (κ3) is 7.43. The predicted molar refractivity (Wildman–Crippen MR) is 205 cm³/mol. The molecule has 1 saturated heterocycles.